The Morgan fingerprint density at radius 2 is 1.94 bits per heavy atom. The maximum absolute atomic E-state index is 12.7. The first-order valence-electron chi connectivity index (χ1n) is 10.0. The molecule has 3 N–H and O–H groups in total. The van der Waals surface area contributed by atoms with Crippen LogP contribution in [0, 0.1) is 5.92 Å². The number of methoxy groups -OCH3 is 1. The summed E-state index contributed by atoms with van der Waals surface area (Å²) in [5.41, 5.74) is 3.00. The van der Waals surface area contributed by atoms with Gasteiger partial charge in [-0.1, -0.05) is 6.07 Å². The van der Waals surface area contributed by atoms with E-state index in [1.807, 2.05) is 13.0 Å². The largest absolute Gasteiger partial charge is 0.497 e. The molecule has 9 heteroatoms. The van der Waals surface area contributed by atoms with E-state index in [1.54, 1.807) is 55.3 Å². The fourth-order valence-electron chi connectivity index (χ4n) is 3.03. The van der Waals surface area contributed by atoms with Crippen LogP contribution in [0.5, 0.6) is 5.75 Å². The molecule has 2 aromatic rings. The lowest BCUT2D eigenvalue weighted by Crippen LogP contribution is -2.42. The first-order valence-corrected chi connectivity index (χ1v) is 10.0. The Kier molecular flexibility index (Phi) is 10.4. The van der Waals surface area contributed by atoms with Gasteiger partial charge in [0.2, 0.25) is 5.91 Å². The zero-order chi connectivity index (χ0) is 22.5. The third-order valence-corrected chi connectivity index (χ3v) is 4.63. The second-order valence-corrected chi connectivity index (χ2v) is 6.85. The molecule has 0 saturated heterocycles. The van der Waals surface area contributed by atoms with E-state index in [1.165, 1.54) is 0 Å². The summed E-state index contributed by atoms with van der Waals surface area (Å²) < 4.78 is 15.8. The van der Waals surface area contributed by atoms with Crippen LogP contribution in [0.15, 0.2) is 48.8 Å². The van der Waals surface area contributed by atoms with Crippen molar-refractivity contribution in [3.05, 3.63) is 59.9 Å². The number of pyridine rings is 1. The molecule has 168 valence electrons. The van der Waals surface area contributed by atoms with E-state index < -0.39 is 17.9 Å². The third kappa shape index (κ3) is 8.33. The Bertz CT molecular complexity index is 801. The van der Waals surface area contributed by atoms with Gasteiger partial charge in [-0.25, -0.2) is 5.48 Å². The highest BCUT2D eigenvalue weighted by atomic mass is 16.7. The van der Waals surface area contributed by atoms with E-state index in [9.17, 15) is 14.8 Å². The molecule has 2 amide bonds. The summed E-state index contributed by atoms with van der Waals surface area (Å²) in [5.74, 6) is -0.815. The minimum absolute atomic E-state index is 0.0743. The second-order valence-electron chi connectivity index (χ2n) is 6.85. The van der Waals surface area contributed by atoms with Crippen molar-refractivity contribution in [1.82, 2.24) is 15.8 Å². The highest BCUT2D eigenvalue weighted by molar-refractivity contribution is 5.94. The highest BCUT2D eigenvalue weighted by Gasteiger charge is 2.25. The SMILES string of the molecule is CCOCOC[C@H](C[C@H](Cc1cccnc1)C(=O)NO)NC(=O)c1ccc(OC)cc1. The minimum atomic E-state index is -0.605. The lowest BCUT2D eigenvalue weighted by Gasteiger charge is -2.23. The number of benzene rings is 1. The maximum Gasteiger partial charge on any atom is 0.251 e. The predicted octanol–water partition coefficient (Wildman–Crippen LogP) is 1.95. The van der Waals surface area contributed by atoms with Gasteiger partial charge < -0.3 is 19.5 Å². The molecule has 0 spiro atoms. The standard InChI is InChI=1S/C22H29N3O6/c1-3-30-15-31-14-19(24-21(26)17-6-8-20(29-2)9-7-17)12-18(22(27)25-28)11-16-5-4-10-23-13-16/h4-10,13,18-19,28H,3,11-12,14-15H2,1-2H3,(H,24,26)(H,25,27)/t18-,19-/m0/s1. The van der Waals surface area contributed by atoms with Gasteiger partial charge in [-0.3, -0.25) is 19.8 Å². The van der Waals surface area contributed by atoms with E-state index in [-0.39, 0.29) is 25.7 Å². The topological polar surface area (TPSA) is 119 Å². The van der Waals surface area contributed by atoms with E-state index in [0.717, 1.165) is 5.56 Å². The van der Waals surface area contributed by atoms with Gasteiger partial charge in [0.15, 0.2) is 0 Å². The zero-order valence-corrected chi connectivity index (χ0v) is 17.7. The average Bonchev–Trinajstić information content (AvgIpc) is 2.81. The van der Waals surface area contributed by atoms with Gasteiger partial charge in [0, 0.05) is 30.5 Å². The number of rotatable bonds is 13. The van der Waals surface area contributed by atoms with Crippen molar-refractivity contribution in [3.8, 4) is 5.75 Å². The smallest absolute Gasteiger partial charge is 0.251 e. The molecule has 1 aromatic carbocycles. The van der Waals surface area contributed by atoms with Crippen LogP contribution in [0.2, 0.25) is 0 Å². The predicted molar refractivity (Wildman–Crippen MR) is 113 cm³/mol. The summed E-state index contributed by atoms with van der Waals surface area (Å²) >= 11 is 0. The number of nitrogens with one attached hydrogen (secondary N) is 2. The van der Waals surface area contributed by atoms with Crippen molar-refractivity contribution < 1.29 is 29.0 Å². The lowest BCUT2D eigenvalue weighted by molar-refractivity contribution is -0.134. The van der Waals surface area contributed by atoms with Crippen molar-refractivity contribution in [2.75, 3.05) is 27.1 Å². The van der Waals surface area contributed by atoms with Crippen molar-refractivity contribution in [2.24, 2.45) is 5.92 Å². The molecule has 31 heavy (non-hydrogen) atoms. The number of amides is 2. The first kappa shape index (κ1) is 24.3. The van der Waals surface area contributed by atoms with Crippen molar-refractivity contribution in [3.63, 3.8) is 0 Å². The molecule has 0 radical (unpaired) electrons. The number of ether oxygens (including phenoxy) is 3. The highest BCUT2D eigenvalue weighted by Crippen LogP contribution is 2.16. The zero-order valence-electron chi connectivity index (χ0n) is 17.7. The Balaban J connectivity index is 2.10. The Hall–Kier alpha value is -3.01. The fourth-order valence-corrected chi connectivity index (χ4v) is 3.03. The number of aromatic nitrogens is 1. The number of nitrogens with zero attached hydrogens (tertiary/aromatic N) is 1. The lowest BCUT2D eigenvalue weighted by atomic mass is 9.92. The summed E-state index contributed by atoms with van der Waals surface area (Å²) in [5, 5.41) is 12.1. The van der Waals surface area contributed by atoms with Gasteiger partial charge in [-0.2, -0.15) is 0 Å². The van der Waals surface area contributed by atoms with E-state index in [4.69, 9.17) is 14.2 Å². The van der Waals surface area contributed by atoms with Crippen molar-refractivity contribution in [1.29, 1.82) is 0 Å². The summed E-state index contributed by atoms with van der Waals surface area (Å²) in [7, 11) is 1.55. The third-order valence-electron chi connectivity index (χ3n) is 4.63. The molecule has 0 bridgehead atoms. The number of hydroxylamine groups is 1. The Morgan fingerprint density at radius 3 is 2.55 bits per heavy atom. The summed E-state index contributed by atoms with van der Waals surface area (Å²) in [6.45, 7) is 2.57. The van der Waals surface area contributed by atoms with E-state index >= 15 is 0 Å². The van der Waals surface area contributed by atoms with Gasteiger partial charge in [-0.05, 0) is 55.7 Å². The van der Waals surface area contributed by atoms with Crippen LogP contribution >= 0.6 is 0 Å². The van der Waals surface area contributed by atoms with Crippen LogP contribution < -0.4 is 15.5 Å². The van der Waals surface area contributed by atoms with Crippen molar-refractivity contribution >= 4 is 11.8 Å². The van der Waals surface area contributed by atoms with Crippen LogP contribution in [0.25, 0.3) is 0 Å². The molecule has 9 nitrogen and oxygen atoms in total. The minimum Gasteiger partial charge on any atom is -0.497 e. The molecular weight excluding hydrogens is 402 g/mol. The monoisotopic (exact) mass is 431 g/mol. The molecule has 0 aliphatic carbocycles. The molecule has 0 unspecified atom stereocenters. The number of hydrogen-bond donors (Lipinski definition) is 3. The quantitative estimate of drug-likeness (QED) is 0.192. The molecule has 0 aliphatic heterocycles. The van der Waals surface area contributed by atoms with Gasteiger partial charge in [-0.15, -0.1) is 0 Å². The number of hydrogen-bond acceptors (Lipinski definition) is 7. The normalized spacial score (nSPS) is 12.6. The molecule has 1 aromatic heterocycles. The van der Waals surface area contributed by atoms with Crippen LogP contribution in [-0.2, 0) is 20.7 Å². The molecule has 0 aliphatic rings. The second kappa shape index (κ2) is 13.3. The van der Waals surface area contributed by atoms with Crippen LogP contribution in [0.3, 0.4) is 0 Å². The Labute approximate surface area is 181 Å². The van der Waals surface area contributed by atoms with E-state index in [0.29, 0.717) is 24.3 Å². The molecule has 0 saturated carbocycles. The number of carbonyl (C=O) groups is 2. The summed E-state index contributed by atoms with van der Waals surface area (Å²) in [4.78, 5) is 29.1. The van der Waals surface area contributed by atoms with E-state index in [2.05, 4.69) is 10.3 Å². The summed E-state index contributed by atoms with van der Waals surface area (Å²) in [6, 6.07) is 9.83. The van der Waals surface area contributed by atoms with Gasteiger partial charge >= 0.3 is 0 Å². The van der Waals surface area contributed by atoms with Gasteiger partial charge in [0.25, 0.3) is 5.91 Å². The van der Waals surface area contributed by atoms with Gasteiger partial charge in [0.05, 0.1) is 19.8 Å². The average molecular weight is 431 g/mol. The van der Waals surface area contributed by atoms with Crippen LogP contribution in [0.1, 0.15) is 29.3 Å². The molecule has 0 fully saturated rings. The molecular formula is C22H29N3O6. The molecule has 2 rings (SSSR count). The molecule has 1 heterocycles. The molecule has 2 atom stereocenters. The van der Waals surface area contributed by atoms with Crippen LogP contribution in [-0.4, -0.2) is 55.2 Å². The number of carbonyl (C=O) groups excluding carboxylic acids is 2. The van der Waals surface area contributed by atoms with Crippen molar-refractivity contribution in [2.45, 2.75) is 25.8 Å². The Morgan fingerprint density at radius 1 is 1.16 bits per heavy atom. The van der Waals surface area contributed by atoms with Gasteiger partial charge in [0.1, 0.15) is 12.5 Å². The fraction of sp³-hybridized carbons (Fsp3) is 0.409. The first-order chi connectivity index (χ1) is 15.1. The summed E-state index contributed by atoms with van der Waals surface area (Å²) in [6.07, 6.45) is 3.90. The maximum atomic E-state index is 12.7. The van der Waals surface area contributed by atoms with Crippen LogP contribution in [0.4, 0.5) is 0 Å².